The summed E-state index contributed by atoms with van der Waals surface area (Å²) in [6.07, 6.45) is 3.50. The highest BCUT2D eigenvalue weighted by molar-refractivity contribution is 8.00. The summed E-state index contributed by atoms with van der Waals surface area (Å²) >= 11 is 2.60. The third-order valence-electron chi connectivity index (χ3n) is 2.06. The number of amides is 1. The first-order valence-corrected chi connectivity index (χ1v) is 7.59. The molecule has 0 saturated heterocycles. The second kappa shape index (κ2) is 7.24. The van der Waals surface area contributed by atoms with Crippen molar-refractivity contribution in [2.24, 2.45) is 5.73 Å². The zero-order chi connectivity index (χ0) is 13.5. The van der Waals surface area contributed by atoms with Crippen LogP contribution in [0.25, 0.3) is 0 Å². The molecule has 5 nitrogen and oxygen atoms in total. The van der Waals surface area contributed by atoms with Gasteiger partial charge in [0.1, 0.15) is 16.7 Å². The monoisotopic (exact) mass is 282 g/mol. The maximum atomic E-state index is 10.8. The normalized spacial score (nSPS) is 10.1. The van der Waals surface area contributed by atoms with E-state index in [1.54, 1.807) is 0 Å². The Kier molecular flexibility index (Phi) is 5.95. The number of primary amides is 1. The maximum Gasteiger partial charge on any atom is 0.227 e. The van der Waals surface area contributed by atoms with Crippen molar-refractivity contribution in [3.05, 3.63) is 11.3 Å². The van der Waals surface area contributed by atoms with Crippen molar-refractivity contribution >= 4 is 29.4 Å². The van der Waals surface area contributed by atoms with E-state index in [0.717, 1.165) is 18.5 Å². The van der Waals surface area contributed by atoms with Gasteiger partial charge in [0.2, 0.25) is 5.91 Å². The molecule has 1 aromatic rings. The summed E-state index contributed by atoms with van der Waals surface area (Å²) in [5, 5.41) is 10.3. The predicted octanol–water partition coefficient (Wildman–Crippen LogP) is 1.60. The molecule has 18 heavy (non-hydrogen) atoms. The summed E-state index contributed by atoms with van der Waals surface area (Å²) in [6.45, 7) is 2.03. The van der Waals surface area contributed by atoms with Crippen molar-refractivity contribution in [1.29, 1.82) is 5.26 Å². The van der Waals surface area contributed by atoms with Crippen LogP contribution in [-0.4, -0.2) is 27.9 Å². The Morgan fingerprint density at radius 3 is 2.72 bits per heavy atom. The Balaban J connectivity index is 3.16. The van der Waals surface area contributed by atoms with Crippen LogP contribution < -0.4 is 5.73 Å². The second-order valence-electron chi connectivity index (χ2n) is 3.45. The van der Waals surface area contributed by atoms with Crippen molar-refractivity contribution in [2.75, 3.05) is 12.0 Å². The molecule has 0 bridgehead atoms. The fourth-order valence-corrected chi connectivity index (χ4v) is 2.51. The lowest BCUT2D eigenvalue weighted by Crippen LogP contribution is -2.13. The molecule has 0 spiro atoms. The Morgan fingerprint density at radius 1 is 1.50 bits per heavy atom. The molecule has 1 amide bonds. The van der Waals surface area contributed by atoms with Crippen LogP contribution in [0.4, 0.5) is 0 Å². The zero-order valence-corrected chi connectivity index (χ0v) is 11.9. The highest BCUT2D eigenvalue weighted by Gasteiger charge is 2.14. The van der Waals surface area contributed by atoms with E-state index in [0.29, 0.717) is 15.7 Å². The Morgan fingerprint density at radius 2 is 2.22 bits per heavy atom. The number of aromatic nitrogens is 2. The van der Waals surface area contributed by atoms with Gasteiger partial charge in [-0.25, -0.2) is 9.97 Å². The van der Waals surface area contributed by atoms with Gasteiger partial charge in [0.25, 0.3) is 0 Å². The van der Waals surface area contributed by atoms with Gasteiger partial charge < -0.3 is 5.73 Å². The number of carbonyl (C=O) groups is 1. The second-order valence-corrected chi connectivity index (χ2v) is 5.19. The Bertz CT molecular complexity index is 485. The van der Waals surface area contributed by atoms with Crippen molar-refractivity contribution in [1.82, 2.24) is 9.97 Å². The Labute approximate surface area is 115 Å². The van der Waals surface area contributed by atoms with Crippen LogP contribution in [0.3, 0.4) is 0 Å². The largest absolute Gasteiger partial charge is 0.369 e. The first-order chi connectivity index (χ1) is 8.62. The van der Waals surface area contributed by atoms with Gasteiger partial charge in [-0.15, -0.1) is 0 Å². The lowest BCUT2D eigenvalue weighted by atomic mass is 10.1. The molecule has 1 rings (SSSR count). The molecule has 0 fully saturated rings. The molecule has 0 radical (unpaired) electrons. The number of rotatable bonds is 6. The maximum absolute atomic E-state index is 10.8. The average Bonchev–Trinajstić information content (AvgIpc) is 2.36. The predicted molar refractivity (Wildman–Crippen MR) is 72.4 cm³/mol. The number of nitriles is 1. The number of thioether (sulfide) groups is 2. The molecule has 0 atom stereocenters. The van der Waals surface area contributed by atoms with Gasteiger partial charge in [0.15, 0.2) is 5.16 Å². The minimum absolute atomic E-state index is 0.116. The minimum atomic E-state index is -0.426. The van der Waals surface area contributed by atoms with E-state index in [9.17, 15) is 10.1 Å². The van der Waals surface area contributed by atoms with Gasteiger partial charge in [-0.05, 0) is 12.7 Å². The van der Waals surface area contributed by atoms with Gasteiger partial charge in [-0.1, -0.05) is 36.9 Å². The van der Waals surface area contributed by atoms with E-state index in [-0.39, 0.29) is 5.75 Å². The summed E-state index contributed by atoms with van der Waals surface area (Å²) in [5.74, 6) is -0.310. The summed E-state index contributed by atoms with van der Waals surface area (Å²) in [6, 6.07) is 2.12. The zero-order valence-electron chi connectivity index (χ0n) is 10.3. The topological polar surface area (TPSA) is 92.7 Å². The minimum Gasteiger partial charge on any atom is -0.369 e. The van der Waals surface area contributed by atoms with Crippen molar-refractivity contribution < 1.29 is 4.79 Å². The highest BCUT2D eigenvalue weighted by Crippen LogP contribution is 2.25. The molecule has 1 aromatic heterocycles. The van der Waals surface area contributed by atoms with Gasteiger partial charge in [0, 0.05) is 0 Å². The summed E-state index contributed by atoms with van der Waals surface area (Å²) < 4.78 is 0. The van der Waals surface area contributed by atoms with Gasteiger partial charge in [-0.3, -0.25) is 4.79 Å². The molecular formula is C11H14N4OS2. The van der Waals surface area contributed by atoms with Gasteiger partial charge >= 0.3 is 0 Å². The highest BCUT2D eigenvalue weighted by atomic mass is 32.2. The van der Waals surface area contributed by atoms with Crippen LogP contribution in [0.15, 0.2) is 10.2 Å². The molecule has 0 aliphatic rings. The number of hydrogen-bond acceptors (Lipinski definition) is 6. The molecule has 0 unspecified atom stereocenters. The summed E-state index contributed by atoms with van der Waals surface area (Å²) in [4.78, 5) is 19.4. The number of nitrogens with two attached hydrogens (primary N) is 1. The molecule has 0 aromatic carbocycles. The lowest BCUT2D eigenvalue weighted by Gasteiger charge is -2.08. The third-order valence-corrected chi connectivity index (χ3v) is 3.61. The first kappa shape index (κ1) is 14.8. The number of hydrogen-bond donors (Lipinski definition) is 1. The van der Waals surface area contributed by atoms with Crippen LogP contribution in [0.2, 0.25) is 0 Å². The fourth-order valence-electron chi connectivity index (χ4n) is 1.33. The molecule has 1 heterocycles. The average molecular weight is 282 g/mol. The van der Waals surface area contributed by atoms with E-state index in [1.807, 2.05) is 13.2 Å². The van der Waals surface area contributed by atoms with Gasteiger partial charge in [-0.2, -0.15) is 5.26 Å². The van der Waals surface area contributed by atoms with Crippen LogP contribution in [-0.2, 0) is 11.2 Å². The van der Waals surface area contributed by atoms with Crippen molar-refractivity contribution in [3.63, 3.8) is 0 Å². The number of nitrogens with zero attached hydrogens (tertiary/aromatic N) is 3. The lowest BCUT2D eigenvalue weighted by molar-refractivity contribution is -0.115. The van der Waals surface area contributed by atoms with E-state index in [4.69, 9.17) is 5.73 Å². The molecule has 7 heteroatoms. The van der Waals surface area contributed by atoms with E-state index in [1.165, 1.54) is 23.5 Å². The van der Waals surface area contributed by atoms with Crippen molar-refractivity contribution in [2.45, 2.75) is 29.9 Å². The number of aryl methyl sites for hydroxylation is 1. The third kappa shape index (κ3) is 3.89. The molecular weight excluding hydrogens is 268 g/mol. The molecule has 0 saturated carbocycles. The standard InChI is InChI=1S/C11H14N4OS2/c1-3-4-8-7(5-12)10(18-6-9(13)16)15-11(14-8)17-2/h3-4,6H2,1-2H3,(H2,13,16). The smallest absolute Gasteiger partial charge is 0.227 e. The quantitative estimate of drug-likeness (QED) is 0.484. The summed E-state index contributed by atoms with van der Waals surface area (Å²) in [7, 11) is 0. The van der Waals surface area contributed by atoms with E-state index >= 15 is 0 Å². The van der Waals surface area contributed by atoms with E-state index < -0.39 is 5.91 Å². The SMILES string of the molecule is CCCc1nc(SC)nc(SCC(N)=O)c1C#N. The van der Waals surface area contributed by atoms with Gasteiger partial charge in [0.05, 0.1) is 11.4 Å². The summed E-state index contributed by atoms with van der Waals surface area (Å²) in [5.41, 5.74) is 6.31. The van der Waals surface area contributed by atoms with Crippen LogP contribution in [0.1, 0.15) is 24.6 Å². The van der Waals surface area contributed by atoms with Crippen LogP contribution in [0, 0.1) is 11.3 Å². The molecule has 96 valence electrons. The molecule has 0 aliphatic carbocycles. The molecule has 0 aliphatic heterocycles. The first-order valence-electron chi connectivity index (χ1n) is 5.38. The van der Waals surface area contributed by atoms with Crippen LogP contribution >= 0.6 is 23.5 Å². The van der Waals surface area contributed by atoms with Crippen LogP contribution in [0.5, 0.6) is 0 Å². The van der Waals surface area contributed by atoms with Crippen molar-refractivity contribution in [3.8, 4) is 6.07 Å². The fraction of sp³-hybridized carbons (Fsp3) is 0.455. The number of carbonyl (C=O) groups excluding carboxylic acids is 1. The molecule has 2 N–H and O–H groups in total. The Hall–Kier alpha value is -1.26. The van der Waals surface area contributed by atoms with E-state index in [2.05, 4.69) is 16.0 Å².